The molecule has 1 heterocycles. The van der Waals surface area contributed by atoms with Crippen LogP contribution in [0.1, 0.15) is 16.7 Å². The van der Waals surface area contributed by atoms with Gasteiger partial charge in [0.1, 0.15) is 0 Å². The van der Waals surface area contributed by atoms with E-state index in [1.807, 2.05) is 0 Å². The van der Waals surface area contributed by atoms with Crippen molar-refractivity contribution in [1.29, 1.82) is 0 Å². The van der Waals surface area contributed by atoms with Gasteiger partial charge in [-0.2, -0.15) is 0 Å². The lowest BCUT2D eigenvalue weighted by Gasteiger charge is -2.29. The van der Waals surface area contributed by atoms with E-state index in [4.69, 9.17) is 0 Å². The van der Waals surface area contributed by atoms with E-state index in [1.165, 1.54) is 105 Å². The highest BCUT2D eigenvalue weighted by molar-refractivity contribution is 6.13. The molecule has 2 heteroatoms. The van der Waals surface area contributed by atoms with Gasteiger partial charge >= 0.3 is 0 Å². The summed E-state index contributed by atoms with van der Waals surface area (Å²) in [6.45, 7) is 6.52. The highest BCUT2D eigenvalue weighted by Gasteiger charge is 2.25. The molecule has 0 atom stereocenters. The van der Waals surface area contributed by atoms with Crippen LogP contribution in [0.5, 0.6) is 0 Å². The number of hydrogen-bond acceptors (Lipinski definition) is 1. The SMILES string of the molecule is Cc1ccc(N(c2ccc3cc4c(cc3c2)-c2cc3cc(-n5c6ccccc6c6ccccc65)ccc3cc2-4)c2cc(C)ccc2C)cc1. The van der Waals surface area contributed by atoms with Crippen molar-refractivity contribution < 1.29 is 0 Å². The average Bonchev–Trinajstić information content (AvgIpc) is 3.47. The molecule has 0 unspecified atom stereocenters. The third kappa shape index (κ3) is 4.27. The molecule has 0 aliphatic heterocycles. The topological polar surface area (TPSA) is 8.17 Å². The molecule has 2 nitrogen and oxygen atoms in total. The second-order valence-corrected chi connectivity index (χ2v) is 13.7. The van der Waals surface area contributed by atoms with Crippen LogP contribution < -0.4 is 4.90 Å². The summed E-state index contributed by atoms with van der Waals surface area (Å²) in [4.78, 5) is 2.40. The highest BCUT2D eigenvalue weighted by atomic mass is 15.1. The molecule has 1 aromatic heterocycles. The fraction of sp³-hybridized carbons (Fsp3) is 0.0638. The monoisotopic (exact) mass is 626 g/mol. The fourth-order valence-electron chi connectivity index (χ4n) is 7.96. The Labute approximate surface area is 286 Å². The summed E-state index contributed by atoms with van der Waals surface area (Å²) in [5.41, 5.74) is 16.3. The van der Waals surface area contributed by atoms with Gasteiger partial charge in [0, 0.05) is 33.5 Å². The van der Waals surface area contributed by atoms with Crippen LogP contribution >= 0.6 is 0 Å². The van der Waals surface area contributed by atoms with Crippen molar-refractivity contribution in [2.24, 2.45) is 0 Å². The van der Waals surface area contributed by atoms with E-state index in [0.717, 1.165) is 0 Å². The summed E-state index contributed by atoms with van der Waals surface area (Å²) in [5, 5.41) is 7.62. The minimum absolute atomic E-state index is 1.17. The molecule has 1 aliphatic carbocycles. The number of nitrogens with zero attached hydrogens (tertiary/aromatic N) is 2. The van der Waals surface area contributed by atoms with Gasteiger partial charge in [0.25, 0.3) is 0 Å². The third-order valence-electron chi connectivity index (χ3n) is 10.5. The molecule has 0 fully saturated rings. The quantitative estimate of drug-likeness (QED) is 0.189. The van der Waals surface area contributed by atoms with Gasteiger partial charge in [-0.05, 0) is 155 Å². The lowest BCUT2D eigenvalue weighted by atomic mass is 9.78. The van der Waals surface area contributed by atoms with E-state index < -0.39 is 0 Å². The lowest BCUT2D eigenvalue weighted by molar-refractivity contribution is 1.19. The van der Waals surface area contributed by atoms with Gasteiger partial charge in [0.15, 0.2) is 0 Å². The van der Waals surface area contributed by atoms with Crippen molar-refractivity contribution >= 4 is 60.4 Å². The van der Waals surface area contributed by atoms with Crippen LogP contribution in [0.2, 0.25) is 0 Å². The number of para-hydroxylation sites is 2. The maximum atomic E-state index is 2.40. The third-order valence-corrected chi connectivity index (χ3v) is 10.5. The standard InChI is InChI=1S/C47H34N2/c1-29-13-18-36(19-14-29)48(47-22-30(2)12-15-31(47)3)37-20-16-32-25-41-42-26-33-17-21-38(24-35(33)28-44(42)43(41)27-34(32)23-37)49-45-10-6-4-8-39(45)40-9-5-7-11-46(40)49/h4-28H,1-3H3. The van der Waals surface area contributed by atoms with E-state index in [2.05, 4.69) is 182 Å². The smallest absolute Gasteiger partial charge is 0.0541 e. The number of rotatable bonds is 4. The van der Waals surface area contributed by atoms with E-state index >= 15 is 0 Å². The van der Waals surface area contributed by atoms with Gasteiger partial charge in [-0.15, -0.1) is 0 Å². The Morgan fingerprint density at radius 3 is 1.59 bits per heavy atom. The highest BCUT2D eigenvalue weighted by Crippen LogP contribution is 2.51. The molecule has 10 rings (SSSR count). The predicted octanol–water partition coefficient (Wildman–Crippen LogP) is 13.1. The van der Waals surface area contributed by atoms with E-state index in [0.29, 0.717) is 0 Å². The molecule has 49 heavy (non-hydrogen) atoms. The van der Waals surface area contributed by atoms with Crippen LogP contribution in [0.15, 0.2) is 152 Å². The first-order valence-corrected chi connectivity index (χ1v) is 17.1. The van der Waals surface area contributed by atoms with Gasteiger partial charge in [-0.25, -0.2) is 0 Å². The number of aromatic nitrogens is 1. The van der Waals surface area contributed by atoms with E-state index in [-0.39, 0.29) is 0 Å². The van der Waals surface area contributed by atoms with Crippen LogP contribution in [0, 0.1) is 20.8 Å². The zero-order chi connectivity index (χ0) is 32.8. The number of anilines is 3. The Kier molecular flexibility index (Phi) is 5.95. The van der Waals surface area contributed by atoms with Crippen LogP contribution in [-0.2, 0) is 0 Å². The molecule has 9 aromatic rings. The van der Waals surface area contributed by atoms with E-state index in [9.17, 15) is 0 Å². The molecule has 0 radical (unpaired) electrons. The summed E-state index contributed by atoms with van der Waals surface area (Å²) < 4.78 is 2.40. The maximum Gasteiger partial charge on any atom is 0.0541 e. The van der Waals surface area contributed by atoms with Gasteiger partial charge in [-0.3, -0.25) is 0 Å². The van der Waals surface area contributed by atoms with Crippen LogP contribution in [0.3, 0.4) is 0 Å². The summed E-state index contributed by atoms with van der Waals surface area (Å²) in [7, 11) is 0. The minimum Gasteiger partial charge on any atom is -0.310 e. The molecule has 8 aromatic carbocycles. The first-order chi connectivity index (χ1) is 24.0. The number of fused-ring (bicyclic) bond motifs is 9. The average molecular weight is 627 g/mol. The minimum atomic E-state index is 1.17. The molecule has 0 N–H and O–H groups in total. The Bertz CT molecular complexity index is 2750. The molecular weight excluding hydrogens is 593 g/mol. The Hall–Kier alpha value is -6.12. The van der Waals surface area contributed by atoms with Crippen molar-refractivity contribution in [3.8, 4) is 27.9 Å². The Balaban J connectivity index is 1.09. The van der Waals surface area contributed by atoms with Crippen molar-refractivity contribution in [1.82, 2.24) is 4.57 Å². The van der Waals surface area contributed by atoms with Crippen LogP contribution in [0.25, 0.3) is 71.3 Å². The second kappa shape index (κ2) is 10.4. The predicted molar refractivity (Wildman–Crippen MR) is 209 cm³/mol. The van der Waals surface area contributed by atoms with Crippen molar-refractivity contribution in [2.75, 3.05) is 4.90 Å². The maximum absolute atomic E-state index is 2.40. The first-order valence-electron chi connectivity index (χ1n) is 17.1. The van der Waals surface area contributed by atoms with E-state index in [1.54, 1.807) is 0 Å². The summed E-state index contributed by atoms with van der Waals surface area (Å²) in [5.74, 6) is 0. The second-order valence-electron chi connectivity index (χ2n) is 13.7. The molecule has 0 saturated carbocycles. The molecular formula is C47H34N2. The lowest BCUT2D eigenvalue weighted by Crippen LogP contribution is -2.11. The Morgan fingerprint density at radius 2 is 0.939 bits per heavy atom. The zero-order valence-electron chi connectivity index (χ0n) is 27.8. The molecule has 0 saturated heterocycles. The van der Waals surface area contributed by atoms with Crippen molar-refractivity contribution in [3.05, 3.63) is 168 Å². The van der Waals surface area contributed by atoms with Gasteiger partial charge in [0.2, 0.25) is 0 Å². The zero-order valence-corrected chi connectivity index (χ0v) is 27.8. The number of benzene rings is 8. The number of hydrogen-bond donors (Lipinski definition) is 0. The molecule has 1 aliphatic rings. The molecule has 0 amide bonds. The van der Waals surface area contributed by atoms with Crippen molar-refractivity contribution in [3.63, 3.8) is 0 Å². The summed E-state index contributed by atoms with van der Waals surface area (Å²) in [6.07, 6.45) is 0. The van der Waals surface area contributed by atoms with Gasteiger partial charge in [-0.1, -0.05) is 78.4 Å². The molecule has 232 valence electrons. The Morgan fingerprint density at radius 1 is 0.408 bits per heavy atom. The fourth-order valence-corrected chi connectivity index (χ4v) is 7.96. The van der Waals surface area contributed by atoms with Crippen LogP contribution in [-0.4, -0.2) is 4.57 Å². The number of aryl methyl sites for hydroxylation is 3. The largest absolute Gasteiger partial charge is 0.310 e. The molecule has 0 bridgehead atoms. The molecule has 0 spiro atoms. The van der Waals surface area contributed by atoms with Crippen molar-refractivity contribution in [2.45, 2.75) is 20.8 Å². The first kappa shape index (κ1) is 27.9. The van der Waals surface area contributed by atoms with Gasteiger partial charge < -0.3 is 9.47 Å². The summed E-state index contributed by atoms with van der Waals surface area (Å²) >= 11 is 0. The summed E-state index contributed by atoms with van der Waals surface area (Å²) in [6, 6.07) is 56.4. The normalized spacial score (nSPS) is 12.0. The van der Waals surface area contributed by atoms with Crippen LogP contribution in [0.4, 0.5) is 17.1 Å². The van der Waals surface area contributed by atoms with Gasteiger partial charge in [0.05, 0.1) is 11.0 Å².